The van der Waals surface area contributed by atoms with Gasteiger partial charge in [0.15, 0.2) is 12.4 Å². The Morgan fingerprint density at radius 1 is 1.29 bits per heavy atom. The zero-order chi connectivity index (χ0) is 20.1. The van der Waals surface area contributed by atoms with E-state index in [4.69, 9.17) is 9.47 Å². The second kappa shape index (κ2) is 8.12. The molecule has 0 saturated heterocycles. The highest BCUT2D eigenvalue weighted by atomic mass is 16.6. The van der Waals surface area contributed by atoms with Crippen molar-refractivity contribution in [1.82, 2.24) is 20.2 Å². The SMILES string of the molecule is COc1cc(OCC(=O)Nc2n[nH]c(-c3cccc(C)n3)n2)ccc1[N+](=O)[O-]. The van der Waals surface area contributed by atoms with Crippen LogP contribution in [-0.2, 0) is 4.79 Å². The van der Waals surface area contributed by atoms with Crippen molar-refractivity contribution in [2.24, 2.45) is 0 Å². The molecule has 28 heavy (non-hydrogen) atoms. The molecule has 0 aliphatic rings. The summed E-state index contributed by atoms with van der Waals surface area (Å²) in [4.78, 5) is 30.8. The number of carbonyl (C=O) groups is 1. The van der Waals surface area contributed by atoms with Crippen LogP contribution in [0.5, 0.6) is 11.5 Å². The lowest BCUT2D eigenvalue weighted by Crippen LogP contribution is -2.20. The zero-order valence-electron chi connectivity index (χ0n) is 15.0. The summed E-state index contributed by atoms with van der Waals surface area (Å²) in [6.45, 7) is 1.51. The number of amides is 1. The molecule has 0 aliphatic carbocycles. The topological polar surface area (TPSA) is 145 Å². The Labute approximate surface area is 158 Å². The number of nitrogens with zero attached hydrogens (tertiary/aromatic N) is 4. The van der Waals surface area contributed by atoms with Crippen LogP contribution < -0.4 is 14.8 Å². The van der Waals surface area contributed by atoms with Crippen LogP contribution in [0.25, 0.3) is 11.5 Å². The van der Waals surface area contributed by atoms with E-state index < -0.39 is 10.8 Å². The van der Waals surface area contributed by atoms with Gasteiger partial charge in [0, 0.05) is 17.8 Å². The normalized spacial score (nSPS) is 10.4. The Morgan fingerprint density at radius 2 is 2.11 bits per heavy atom. The number of pyridine rings is 1. The molecular weight excluding hydrogens is 368 g/mol. The van der Waals surface area contributed by atoms with E-state index in [0.717, 1.165) is 5.69 Å². The van der Waals surface area contributed by atoms with Gasteiger partial charge in [0.1, 0.15) is 11.4 Å². The van der Waals surface area contributed by atoms with Crippen molar-refractivity contribution in [3.63, 3.8) is 0 Å². The van der Waals surface area contributed by atoms with Gasteiger partial charge in [-0.05, 0) is 25.1 Å². The molecule has 144 valence electrons. The fraction of sp³-hybridized carbons (Fsp3) is 0.176. The Morgan fingerprint density at radius 3 is 2.82 bits per heavy atom. The van der Waals surface area contributed by atoms with Crippen LogP contribution in [0.1, 0.15) is 5.69 Å². The summed E-state index contributed by atoms with van der Waals surface area (Å²) < 4.78 is 10.3. The predicted octanol–water partition coefficient (Wildman–Crippen LogP) is 2.11. The van der Waals surface area contributed by atoms with E-state index in [1.54, 1.807) is 6.07 Å². The zero-order valence-corrected chi connectivity index (χ0v) is 15.0. The number of carbonyl (C=O) groups excluding carboxylic acids is 1. The van der Waals surface area contributed by atoms with E-state index in [-0.39, 0.29) is 29.7 Å². The van der Waals surface area contributed by atoms with Crippen molar-refractivity contribution in [1.29, 1.82) is 0 Å². The summed E-state index contributed by atoms with van der Waals surface area (Å²) in [5, 5.41) is 20.0. The van der Waals surface area contributed by atoms with Gasteiger partial charge in [0.05, 0.1) is 12.0 Å². The van der Waals surface area contributed by atoms with Gasteiger partial charge in [-0.2, -0.15) is 4.98 Å². The predicted molar refractivity (Wildman–Crippen MR) is 98.1 cm³/mol. The first-order chi connectivity index (χ1) is 13.5. The van der Waals surface area contributed by atoms with Crippen LogP contribution in [0.2, 0.25) is 0 Å². The number of anilines is 1. The van der Waals surface area contributed by atoms with Gasteiger partial charge in [-0.3, -0.25) is 25.3 Å². The van der Waals surface area contributed by atoms with Crippen LogP contribution in [0.4, 0.5) is 11.6 Å². The minimum Gasteiger partial charge on any atom is -0.490 e. The second-order valence-electron chi connectivity index (χ2n) is 5.60. The minimum absolute atomic E-state index is 0.0344. The first-order valence-electron chi connectivity index (χ1n) is 8.08. The molecule has 1 amide bonds. The smallest absolute Gasteiger partial charge is 0.311 e. The maximum absolute atomic E-state index is 12.0. The standard InChI is InChI=1S/C17H16N6O5/c1-10-4-3-5-12(18-10)16-20-17(22-21-16)19-15(24)9-28-11-6-7-13(23(25)26)14(8-11)27-2/h3-8H,9H2,1-2H3,(H2,19,20,21,22,24). The number of aromatic nitrogens is 4. The van der Waals surface area contributed by atoms with Crippen LogP contribution in [-0.4, -0.2) is 44.7 Å². The Bertz CT molecular complexity index is 1020. The first-order valence-corrected chi connectivity index (χ1v) is 8.08. The first kappa shape index (κ1) is 18.8. The molecule has 11 nitrogen and oxygen atoms in total. The molecule has 2 N–H and O–H groups in total. The van der Waals surface area contributed by atoms with Gasteiger partial charge in [-0.15, -0.1) is 5.10 Å². The molecule has 3 aromatic rings. The average Bonchev–Trinajstić information content (AvgIpc) is 3.14. The molecule has 2 heterocycles. The maximum Gasteiger partial charge on any atom is 0.311 e. The highest BCUT2D eigenvalue weighted by Gasteiger charge is 2.16. The number of aromatic amines is 1. The maximum atomic E-state index is 12.0. The van der Waals surface area contributed by atoms with E-state index >= 15 is 0 Å². The molecule has 0 atom stereocenters. The number of nitrogens with one attached hydrogen (secondary N) is 2. The summed E-state index contributed by atoms with van der Waals surface area (Å²) in [5.41, 5.74) is 1.23. The Hall–Kier alpha value is -4.02. The number of nitro groups is 1. The minimum atomic E-state index is -0.570. The molecular formula is C17H16N6O5. The molecule has 0 unspecified atom stereocenters. The monoisotopic (exact) mass is 384 g/mol. The molecule has 2 aromatic heterocycles. The number of benzene rings is 1. The number of methoxy groups -OCH3 is 1. The van der Waals surface area contributed by atoms with Gasteiger partial charge in [0.2, 0.25) is 11.7 Å². The van der Waals surface area contributed by atoms with Crippen molar-refractivity contribution in [2.75, 3.05) is 19.0 Å². The van der Waals surface area contributed by atoms with Crippen molar-refractivity contribution in [3.05, 3.63) is 52.2 Å². The van der Waals surface area contributed by atoms with Crippen molar-refractivity contribution in [2.45, 2.75) is 6.92 Å². The summed E-state index contributed by atoms with van der Waals surface area (Å²) in [7, 11) is 1.31. The molecule has 0 bridgehead atoms. The van der Waals surface area contributed by atoms with E-state index in [2.05, 4.69) is 25.5 Å². The summed E-state index contributed by atoms with van der Waals surface area (Å²) in [5.74, 6) is 0.276. The van der Waals surface area contributed by atoms with E-state index in [9.17, 15) is 14.9 Å². The van der Waals surface area contributed by atoms with E-state index in [1.807, 2.05) is 19.1 Å². The van der Waals surface area contributed by atoms with Crippen LogP contribution >= 0.6 is 0 Å². The highest BCUT2D eigenvalue weighted by molar-refractivity contribution is 5.90. The third kappa shape index (κ3) is 4.38. The summed E-state index contributed by atoms with van der Waals surface area (Å²) >= 11 is 0. The number of H-pyrrole nitrogens is 1. The number of hydrogen-bond acceptors (Lipinski definition) is 8. The number of ether oxygens (including phenoxy) is 2. The number of rotatable bonds is 7. The van der Waals surface area contributed by atoms with Crippen LogP contribution in [0, 0.1) is 17.0 Å². The average molecular weight is 384 g/mol. The van der Waals surface area contributed by atoms with Crippen molar-refractivity contribution in [3.8, 4) is 23.0 Å². The molecule has 11 heteroatoms. The van der Waals surface area contributed by atoms with Crippen molar-refractivity contribution < 1.29 is 19.2 Å². The van der Waals surface area contributed by atoms with Gasteiger partial charge in [0.25, 0.3) is 5.91 Å². The molecule has 3 rings (SSSR count). The van der Waals surface area contributed by atoms with E-state index in [0.29, 0.717) is 11.5 Å². The number of nitro benzene ring substituents is 1. The number of hydrogen-bond donors (Lipinski definition) is 2. The highest BCUT2D eigenvalue weighted by Crippen LogP contribution is 2.30. The van der Waals surface area contributed by atoms with Crippen LogP contribution in [0.15, 0.2) is 36.4 Å². The summed E-state index contributed by atoms with van der Waals surface area (Å²) in [6, 6.07) is 9.41. The van der Waals surface area contributed by atoms with Gasteiger partial charge < -0.3 is 9.47 Å². The van der Waals surface area contributed by atoms with Gasteiger partial charge in [-0.1, -0.05) is 6.07 Å². The number of aryl methyl sites for hydroxylation is 1. The molecule has 0 fully saturated rings. The quantitative estimate of drug-likeness (QED) is 0.465. The molecule has 1 aromatic carbocycles. The lowest BCUT2D eigenvalue weighted by molar-refractivity contribution is -0.385. The third-order valence-corrected chi connectivity index (χ3v) is 3.59. The van der Waals surface area contributed by atoms with Gasteiger partial charge >= 0.3 is 5.69 Å². The largest absolute Gasteiger partial charge is 0.490 e. The lowest BCUT2D eigenvalue weighted by Gasteiger charge is -2.07. The molecule has 0 saturated carbocycles. The van der Waals surface area contributed by atoms with Crippen molar-refractivity contribution >= 4 is 17.5 Å². The third-order valence-electron chi connectivity index (χ3n) is 3.59. The molecule has 0 spiro atoms. The lowest BCUT2D eigenvalue weighted by atomic mass is 10.3. The fourth-order valence-corrected chi connectivity index (χ4v) is 2.32. The molecule has 0 aliphatic heterocycles. The van der Waals surface area contributed by atoms with Gasteiger partial charge in [-0.25, -0.2) is 4.98 Å². The van der Waals surface area contributed by atoms with Crippen LogP contribution in [0.3, 0.4) is 0 Å². The van der Waals surface area contributed by atoms with E-state index in [1.165, 1.54) is 25.3 Å². The Balaban J connectivity index is 1.60. The fourth-order valence-electron chi connectivity index (χ4n) is 2.32. The summed E-state index contributed by atoms with van der Waals surface area (Å²) in [6.07, 6.45) is 0. The molecule has 0 radical (unpaired) electrons. The second-order valence-corrected chi connectivity index (χ2v) is 5.60. The Kier molecular flexibility index (Phi) is 5.44.